The summed E-state index contributed by atoms with van der Waals surface area (Å²) in [5.74, 6) is 0. The Kier molecular flexibility index (Phi) is 5.67. The number of halogens is 1. The van der Waals surface area contributed by atoms with Crippen LogP contribution in [-0.4, -0.2) is 30.8 Å². The van der Waals surface area contributed by atoms with Gasteiger partial charge in [-0.25, -0.2) is 0 Å². The number of anilines is 1. The molecule has 19 heavy (non-hydrogen) atoms. The van der Waals surface area contributed by atoms with Crippen LogP contribution in [0.3, 0.4) is 0 Å². The molecule has 1 fully saturated rings. The highest BCUT2D eigenvalue weighted by molar-refractivity contribution is 9.10. The van der Waals surface area contributed by atoms with Crippen molar-refractivity contribution in [2.24, 2.45) is 0 Å². The van der Waals surface area contributed by atoms with Crippen molar-refractivity contribution in [1.82, 2.24) is 5.32 Å². The van der Waals surface area contributed by atoms with Crippen LogP contribution in [0.2, 0.25) is 0 Å². The number of hydrogen-bond acceptors (Lipinski definition) is 3. The van der Waals surface area contributed by atoms with Crippen LogP contribution in [0.15, 0.2) is 22.7 Å². The first-order valence-electron chi connectivity index (χ1n) is 7.13. The van der Waals surface area contributed by atoms with Gasteiger partial charge in [-0.05, 0) is 59.4 Å². The van der Waals surface area contributed by atoms with Gasteiger partial charge in [0.15, 0.2) is 0 Å². The number of aliphatic hydroxyl groups excluding tert-OH is 1. The lowest BCUT2D eigenvalue weighted by molar-refractivity contribution is 0.283. The molecule has 0 aromatic heterocycles. The molecule has 1 aliphatic rings. The van der Waals surface area contributed by atoms with Gasteiger partial charge in [0.25, 0.3) is 0 Å². The molecule has 0 aliphatic heterocycles. The van der Waals surface area contributed by atoms with Gasteiger partial charge in [0.1, 0.15) is 0 Å². The maximum atomic E-state index is 9.26. The summed E-state index contributed by atoms with van der Waals surface area (Å²) in [6.07, 6.45) is 3.79. The van der Waals surface area contributed by atoms with E-state index in [-0.39, 0.29) is 6.61 Å². The summed E-state index contributed by atoms with van der Waals surface area (Å²) in [6, 6.07) is 7.13. The van der Waals surface area contributed by atoms with E-state index >= 15 is 0 Å². The van der Waals surface area contributed by atoms with E-state index in [0.29, 0.717) is 6.04 Å². The molecule has 1 aromatic carbocycles. The Morgan fingerprint density at radius 3 is 2.74 bits per heavy atom. The number of rotatable bonds is 7. The molecule has 1 saturated carbocycles. The Bertz CT molecular complexity index is 407. The third-order valence-corrected chi connectivity index (χ3v) is 4.39. The zero-order chi connectivity index (χ0) is 13.7. The van der Waals surface area contributed by atoms with Gasteiger partial charge in [0, 0.05) is 23.6 Å². The molecule has 1 aromatic rings. The van der Waals surface area contributed by atoms with Gasteiger partial charge in [-0.3, -0.25) is 0 Å². The molecule has 0 heterocycles. The van der Waals surface area contributed by atoms with E-state index in [0.717, 1.165) is 24.1 Å². The molecule has 0 saturated heterocycles. The van der Waals surface area contributed by atoms with Crippen molar-refractivity contribution in [2.45, 2.75) is 38.8 Å². The molecule has 0 unspecified atom stereocenters. The van der Waals surface area contributed by atoms with E-state index in [9.17, 15) is 5.11 Å². The molecule has 106 valence electrons. The summed E-state index contributed by atoms with van der Waals surface area (Å²) in [5, 5.41) is 12.6. The van der Waals surface area contributed by atoms with Gasteiger partial charge in [0.05, 0.1) is 12.3 Å². The number of nitrogens with zero attached hydrogens (tertiary/aromatic N) is 1. The van der Waals surface area contributed by atoms with E-state index < -0.39 is 0 Å². The fourth-order valence-electron chi connectivity index (χ4n) is 2.47. The maximum Gasteiger partial charge on any atom is 0.0606 e. The molecule has 3 nitrogen and oxygen atoms in total. The Morgan fingerprint density at radius 1 is 1.42 bits per heavy atom. The second-order valence-electron chi connectivity index (χ2n) is 5.07. The van der Waals surface area contributed by atoms with Crippen molar-refractivity contribution < 1.29 is 5.11 Å². The third kappa shape index (κ3) is 3.71. The summed E-state index contributed by atoms with van der Waals surface area (Å²) in [7, 11) is 0. The highest BCUT2D eigenvalue weighted by atomic mass is 79.9. The highest BCUT2D eigenvalue weighted by Crippen LogP contribution is 2.34. The zero-order valence-electron chi connectivity index (χ0n) is 11.5. The predicted molar refractivity (Wildman–Crippen MR) is 83.6 cm³/mol. The lowest BCUT2D eigenvalue weighted by Crippen LogP contribution is -2.42. The predicted octanol–water partition coefficient (Wildman–Crippen LogP) is 2.91. The molecule has 0 amide bonds. The number of hydrogen-bond donors (Lipinski definition) is 2. The van der Waals surface area contributed by atoms with E-state index in [4.69, 9.17) is 0 Å². The molecule has 2 N–H and O–H groups in total. The first-order chi connectivity index (χ1) is 9.26. The van der Waals surface area contributed by atoms with Crippen LogP contribution in [0, 0.1) is 0 Å². The fourth-order valence-corrected chi connectivity index (χ4v) is 3.12. The van der Waals surface area contributed by atoms with Gasteiger partial charge in [0.2, 0.25) is 0 Å². The lowest BCUT2D eigenvalue weighted by atomic mass is 9.91. The van der Waals surface area contributed by atoms with Crippen molar-refractivity contribution in [1.29, 1.82) is 0 Å². The normalized spacial score (nSPS) is 15.3. The second kappa shape index (κ2) is 7.27. The van der Waals surface area contributed by atoms with Crippen LogP contribution in [-0.2, 0) is 6.54 Å². The van der Waals surface area contributed by atoms with Gasteiger partial charge in [-0.1, -0.05) is 13.0 Å². The van der Waals surface area contributed by atoms with Crippen molar-refractivity contribution in [3.63, 3.8) is 0 Å². The summed E-state index contributed by atoms with van der Waals surface area (Å²) < 4.78 is 1.13. The first kappa shape index (κ1) is 14.8. The van der Waals surface area contributed by atoms with Crippen LogP contribution in [0.5, 0.6) is 0 Å². The topological polar surface area (TPSA) is 35.5 Å². The third-order valence-electron chi connectivity index (χ3n) is 3.76. The molecule has 0 spiro atoms. The van der Waals surface area contributed by atoms with Gasteiger partial charge in [-0.2, -0.15) is 0 Å². The maximum absolute atomic E-state index is 9.26. The average Bonchev–Trinajstić information content (AvgIpc) is 2.34. The summed E-state index contributed by atoms with van der Waals surface area (Å²) in [5.41, 5.74) is 2.49. The molecular formula is C15H23BrN2O. The van der Waals surface area contributed by atoms with E-state index in [1.807, 2.05) is 0 Å². The monoisotopic (exact) mass is 326 g/mol. The van der Waals surface area contributed by atoms with E-state index in [1.54, 1.807) is 0 Å². The van der Waals surface area contributed by atoms with E-state index in [1.165, 1.54) is 30.5 Å². The molecule has 0 bridgehead atoms. The Labute approximate surface area is 124 Å². The Hall–Kier alpha value is -0.580. The van der Waals surface area contributed by atoms with Crippen molar-refractivity contribution in [3.8, 4) is 0 Å². The van der Waals surface area contributed by atoms with Crippen LogP contribution in [0.4, 0.5) is 5.69 Å². The smallest absolute Gasteiger partial charge is 0.0606 e. The van der Waals surface area contributed by atoms with Gasteiger partial charge >= 0.3 is 0 Å². The fraction of sp³-hybridized carbons (Fsp3) is 0.600. The number of benzene rings is 1. The summed E-state index contributed by atoms with van der Waals surface area (Å²) in [6.45, 7) is 4.93. The van der Waals surface area contributed by atoms with Crippen molar-refractivity contribution >= 4 is 21.6 Å². The molecule has 4 heteroatoms. The Balaban J connectivity index is 2.12. The van der Waals surface area contributed by atoms with Gasteiger partial charge < -0.3 is 15.3 Å². The quantitative estimate of drug-likeness (QED) is 0.808. The SMILES string of the molecule is CCNCc1ccc(N(CCO)C2CCC2)c(Br)c1. The average molecular weight is 327 g/mol. The number of aliphatic hydroxyl groups is 1. The largest absolute Gasteiger partial charge is 0.395 e. The standard InChI is InChI=1S/C15H23BrN2O/c1-2-17-11-12-6-7-15(14(16)10-12)18(8-9-19)13-4-3-5-13/h6-7,10,13,17,19H,2-5,8-9,11H2,1H3. The molecule has 0 atom stereocenters. The minimum absolute atomic E-state index is 0.210. The minimum Gasteiger partial charge on any atom is -0.395 e. The van der Waals surface area contributed by atoms with E-state index in [2.05, 4.69) is 51.3 Å². The van der Waals surface area contributed by atoms with Crippen LogP contribution < -0.4 is 10.2 Å². The highest BCUT2D eigenvalue weighted by Gasteiger charge is 2.25. The number of nitrogens with one attached hydrogen (secondary N) is 1. The summed E-state index contributed by atoms with van der Waals surface area (Å²) in [4.78, 5) is 2.34. The Morgan fingerprint density at radius 2 is 2.21 bits per heavy atom. The lowest BCUT2D eigenvalue weighted by Gasteiger charge is -2.39. The van der Waals surface area contributed by atoms with Crippen molar-refractivity contribution in [3.05, 3.63) is 28.2 Å². The molecule has 0 radical (unpaired) electrons. The second-order valence-corrected chi connectivity index (χ2v) is 5.92. The molecule has 2 rings (SSSR count). The summed E-state index contributed by atoms with van der Waals surface area (Å²) >= 11 is 3.68. The van der Waals surface area contributed by atoms with Crippen LogP contribution >= 0.6 is 15.9 Å². The van der Waals surface area contributed by atoms with Crippen molar-refractivity contribution in [2.75, 3.05) is 24.6 Å². The molecular weight excluding hydrogens is 304 g/mol. The zero-order valence-corrected chi connectivity index (χ0v) is 13.1. The molecule has 1 aliphatic carbocycles. The van der Waals surface area contributed by atoms with Crippen LogP contribution in [0.25, 0.3) is 0 Å². The first-order valence-corrected chi connectivity index (χ1v) is 7.92. The van der Waals surface area contributed by atoms with Crippen LogP contribution in [0.1, 0.15) is 31.7 Å². The van der Waals surface area contributed by atoms with Gasteiger partial charge in [-0.15, -0.1) is 0 Å². The minimum atomic E-state index is 0.210.